The van der Waals surface area contributed by atoms with Gasteiger partial charge in [-0.05, 0) is 37.1 Å². The molecule has 2 unspecified atom stereocenters. The number of carbonyl (C=O) groups is 2. The van der Waals surface area contributed by atoms with Crippen molar-refractivity contribution in [1.82, 2.24) is 5.32 Å². The zero-order chi connectivity index (χ0) is 16.5. The molecule has 2 amide bonds. The van der Waals surface area contributed by atoms with Gasteiger partial charge in [-0.3, -0.25) is 9.59 Å². The molecule has 6 heteroatoms. The second-order valence-electron chi connectivity index (χ2n) is 5.17. The summed E-state index contributed by atoms with van der Waals surface area (Å²) >= 11 is 0. The normalized spacial score (nSPS) is 13.1. The summed E-state index contributed by atoms with van der Waals surface area (Å²) in [5.74, 6) is 0.319. The quantitative estimate of drug-likeness (QED) is 0.678. The van der Waals surface area contributed by atoms with E-state index in [1.807, 2.05) is 20.8 Å². The third kappa shape index (κ3) is 5.73. The van der Waals surface area contributed by atoms with Crippen LogP contribution in [0.4, 0.5) is 5.69 Å². The van der Waals surface area contributed by atoms with E-state index >= 15 is 0 Å². The predicted molar refractivity (Wildman–Crippen MR) is 86.7 cm³/mol. The number of nitrogens with one attached hydrogen (secondary N) is 2. The van der Waals surface area contributed by atoms with Crippen LogP contribution in [0.5, 0.6) is 5.75 Å². The number of ether oxygens (including phenoxy) is 1. The van der Waals surface area contributed by atoms with Crippen molar-refractivity contribution in [3.8, 4) is 5.75 Å². The van der Waals surface area contributed by atoms with Crippen LogP contribution in [0.15, 0.2) is 24.3 Å². The first-order chi connectivity index (χ1) is 10.5. The fourth-order valence-electron chi connectivity index (χ4n) is 1.77. The summed E-state index contributed by atoms with van der Waals surface area (Å²) in [4.78, 5) is 23.3. The summed E-state index contributed by atoms with van der Waals surface area (Å²) in [6.07, 6.45) is 0.848. The number of benzene rings is 1. The first-order valence-corrected chi connectivity index (χ1v) is 7.53. The summed E-state index contributed by atoms with van der Waals surface area (Å²) in [6, 6.07) is 6.30. The lowest BCUT2D eigenvalue weighted by atomic mass is 9.99. The molecule has 0 saturated carbocycles. The van der Waals surface area contributed by atoms with Crippen molar-refractivity contribution in [2.24, 2.45) is 11.7 Å². The highest BCUT2D eigenvalue weighted by molar-refractivity contribution is 5.94. The van der Waals surface area contributed by atoms with Gasteiger partial charge in [-0.25, -0.2) is 0 Å². The van der Waals surface area contributed by atoms with Crippen molar-refractivity contribution in [3.05, 3.63) is 24.3 Å². The Balaban J connectivity index is 2.51. The Morgan fingerprint density at radius 1 is 1.23 bits per heavy atom. The minimum absolute atomic E-state index is 0.0293. The maximum Gasteiger partial charge on any atom is 0.257 e. The first kappa shape index (κ1) is 18.0. The van der Waals surface area contributed by atoms with E-state index in [-0.39, 0.29) is 24.3 Å². The molecule has 0 radical (unpaired) electrons. The van der Waals surface area contributed by atoms with Crippen LogP contribution in [0.3, 0.4) is 0 Å². The lowest BCUT2D eigenvalue weighted by Crippen LogP contribution is -2.40. The third-order valence-corrected chi connectivity index (χ3v) is 3.43. The Bertz CT molecular complexity index is 488. The molecule has 22 heavy (non-hydrogen) atoms. The van der Waals surface area contributed by atoms with Crippen LogP contribution in [-0.2, 0) is 9.59 Å². The van der Waals surface area contributed by atoms with E-state index < -0.39 is 6.04 Å². The highest BCUT2D eigenvalue weighted by atomic mass is 16.5. The van der Waals surface area contributed by atoms with Gasteiger partial charge in [0.15, 0.2) is 6.61 Å². The zero-order valence-corrected chi connectivity index (χ0v) is 13.4. The van der Waals surface area contributed by atoms with Gasteiger partial charge in [0.25, 0.3) is 5.91 Å². The first-order valence-electron chi connectivity index (χ1n) is 7.53. The van der Waals surface area contributed by atoms with Crippen LogP contribution < -0.4 is 21.1 Å². The molecule has 4 N–H and O–H groups in total. The van der Waals surface area contributed by atoms with Gasteiger partial charge in [0.05, 0.1) is 6.04 Å². The predicted octanol–water partition coefficient (Wildman–Crippen LogP) is 1.51. The molecule has 1 aromatic rings. The van der Waals surface area contributed by atoms with E-state index in [0.717, 1.165) is 6.42 Å². The van der Waals surface area contributed by atoms with Gasteiger partial charge in [-0.2, -0.15) is 0 Å². The van der Waals surface area contributed by atoms with E-state index in [9.17, 15) is 9.59 Å². The molecule has 0 bridgehead atoms. The van der Waals surface area contributed by atoms with Gasteiger partial charge in [-0.1, -0.05) is 20.3 Å². The van der Waals surface area contributed by atoms with Gasteiger partial charge < -0.3 is 21.1 Å². The number of likely N-dealkylation sites (N-methyl/N-ethyl adjacent to an activating group) is 1. The molecule has 1 aromatic carbocycles. The molecule has 0 spiro atoms. The van der Waals surface area contributed by atoms with Crippen molar-refractivity contribution >= 4 is 17.5 Å². The molecule has 0 aliphatic heterocycles. The number of hydrogen-bond donors (Lipinski definition) is 3. The number of rotatable bonds is 8. The van der Waals surface area contributed by atoms with Crippen LogP contribution in [-0.4, -0.2) is 31.0 Å². The smallest absolute Gasteiger partial charge is 0.257 e. The molecule has 0 aliphatic carbocycles. The molecule has 1 rings (SSSR count). The van der Waals surface area contributed by atoms with Crippen molar-refractivity contribution < 1.29 is 14.3 Å². The third-order valence-electron chi connectivity index (χ3n) is 3.43. The van der Waals surface area contributed by atoms with Crippen molar-refractivity contribution in [2.45, 2.75) is 33.2 Å². The minimum Gasteiger partial charge on any atom is -0.484 e. The molecule has 0 aromatic heterocycles. The molecular formula is C16H25N3O3. The summed E-state index contributed by atoms with van der Waals surface area (Å²) in [7, 11) is 0. The highest BCUT2D eigenvalue weighted by Gasteiger charge is 2.19. The van der Waals surface area contributed by atoms with Gasteiger partial charge in [0.1, 0.15) is 5.75 Å². The van der Waals surface area contributed by atoms with E-state index in [1.54, 1.807) is 24.3 Å². The maximum atomic E-state index is 12.0. The second kappa shape index (κ2) is 9.04. The minimum atomic E-state index is -0.529. The number of carbonyl (C=O) groups excluding carboxylic acids is 2. The lowest BCUT2D eigenvalue weighted by molar-refractivity contribution is -0.123. The number of nitrogens with two attached hydrogens (primary N) is 1. The molecule has 6 nitrogen and oxygen atoms in total. The molecule has 2 atom stereocenters. The molecule has 122 valence electrons. The Hall–Kier alpha value is -2.08. The molecule has 0 heterocycles. The second-order valence-corrected chi connectivity index (χ2v) is 5.17. The van der Waals surface area contributed by atoms with E-state index in [2.05, 4.69) is 10.6 Å². The largest absolute Gasteiger partial charge is 0.484 e. The SMILES string of the molecule is CCNC(=O)COc1ccc(NC(=O)C(N)C(C)CC)cc1. The fraction of sp³-hybridized carbons (Fsp3) is 0.500. The van der Waals surface area contributed by atoms with Crippen molar-refractivity contribution in [1.29, 1.82) is 0 Å². The topological polar surface area (TPSA) is 93.5 Å². The Labute approximate surface area is 131 Å². The van der Waals surface area contributed by atoms with E-state index in [1.165, 1.54) is 0 Å². The number of anilines is 1. The fourth-order valence-corrected chi connectivity index (χ4v) is 1.77. The molecular weight excluding hydrogens is 282 g/mol. The standard InChI is InChI=1S/C16H25N3O3/c1-4-11(3)15(17)16(21)19-12-6-8-13(9-7-12)22-10-14(20)18-5-2/h6-9,11,15H,4-5,10,17H2,1-3H3,(H,18,20)(H,19,21). The summed E-state index contributed by atoms with van der Waals surface area (Å²) < 4.78 is 5.33. The molecule has 0 saturated heterocycles. The van der Waals surface area contributed by atoms with E-state index in [0.29, 0.717) is 18.0 Å². The maximum absolute atomic E-state index is 12.0. The summed E-state index contributed by atoms with van der Waals surface area (Å²) in [6.45, 7) is 6.34. The van der Waals surface area contributed by atoms with Gasteiger partial charge in [0.2, 0.25) is 5.91 Å². The highest BCUT2D eigenvalue weighted by Crippen LogP contribution is 2.16. The monoisotopic (exact) mass is 307 g/mol. The average Bonchev–Trinajstić information content (AvgIpc) is 2.53. The Morgan fingerprint density at radius 2 is 1.86 bits per heavy atom. The van der Waals surface area contributed by atoms with E-state index in [4.69, 9.17) is 10.5 Å². The average molecular weight is 307 g/mol. The lowest BCUT2D eigenvalue weighted by Gasteiger charge is -2.17. The van der Waals surface area contributed by atoms with Gasteiger partial charge in [0, 0.05) is 12.2 Å². The van der Waals surface area contributed by atoms with Crippen LogP contribution in [0.25, 0.3) is 0 Å². The van der Waals surface area contributed by atoms with Crippen LogP contribution >= 0.6 is 0 Å². The number of hydrogen-bond acceptors (Lipinski definition) is 4. The van der Waals surface area contributed by atoms with Crippen LogP contribution in [0.2, 0.25) is 0 Å². The summed E-state index contributed by atoms with van der Waals surface area (Å²) in [5.41, 5.74) is 6.52. The zero-order valence-electron chi connectivity index (χ0n) is 13.4. The Morgan fingerprint density at radius 3 is 2.41 bits per heavy atom. The van der Waals surface area contributed by atoms with Crippen LogP contribution in [0, 0.1) is 5.92 Å². The van der Waals surface area contributed by atoms with Crippen LogP contribution in [0.1, 0.15) is 27.2 Å². The van der Waals surface area contributed by atoms with Crippen molar-refractivity contribution in [3.63, 3.8) is 0 Å². The molecule has 0 fully saturated rings. The van der Waals surface area contributed by atoms with Crippen molar-refractivity contribution in [2.75, 3.05) is 18.5 Å². The summed E-state index contributed by atoms with van der Waals surface area (Å²) in [5, 5.41) is 5.42. The Kier molecular flexibility index (Phi) is 7.39. The van der Waals surface area contributed by atoms with Gasteiger partial charge >= 0.3 is 0 Å². The molecule has 0 aliphatic rings. The van der Waals surface area contributed by atoms with Gasteiger partial charge in [-0.15, -0.1) is 0 Å². The number of amides is 2.